The number of halogens is 1. The van der Waals surface area contributed by atoms with Crippen LogP contribution in [0.25, 0.3) is 15.3 Å². The first-order valence-corrected chi connectivity index (χ1v) is 8.95. The van der Waals surface area contributed by atoms with Gasteiger partial charge in [0.2, 0.25) is 5.13 Å². The predicted molar refractivity (Wildman–Crippen MR) is 102 cm³/mol. The lowest BCUT2D eigenvalue weighted by molar-refractivity contribution is 0.102. The summed E-state index contributed by atoms with van der Waals surface area (Å²) in [6.45, 7) is 1.81. The summed E-state index contributed by atoms with van der Waals surface area (Å²) in [5, 5.41) is 7.70. The van der Waals surface area contributed by atoms with E-state index >= 15 is 0 Å². The number of carbonyl (C=O) groups is 1. The molecule has 0 aliphatic heterocycles. The number of hydrogen-bond acceptors (Lipinski definition) is 5. The van der Waals surface area contributed by atoms with Crippen LogP contribution in [0.1, 0.15) is 16.1 Å². The summed E-state index contributed by atoms with van der Waals surface area (Å²) in [5.41, 5.74) is 1.39. The first-order valence-electron chi connectivity index (χ1n) is 8.13. The van der Waals surface area contributed by atoms with Gasteiger partial charge in [-0.2, -0.15) is 9.78 Å². The number of amides is 1. The molecule has 4 aromatic rings. The lowest BCUT2D eigenvalue weighted by Crippen LogP contribution is -2.16. The highest BCUT2D eigenvalue weighted by molar-refractivity contribution is 7.20. The lowest BCUT2D eigenvalue weighted by Gasteiger charge is -2.09. The standard InChI is InChI=1S/C19H15FN4O2S/c1-11-10-16(21-18(25)12-6-3-4-8-14(12)26-2)24(23-11)19-22-17-13(20)7-5-9-15(17)27-19/h3-10H,1-2H3,(H,21,25). The molecule has 27 heavy (non-hydrogen) atoms. The number of methoxy groups -OCH3 is 1. The average molecular weight is 382 g/mol. The van der Waals surface area contributed by atoms with Crippen LogP contribution in [0.5, 0.6) is 5.75 Å². The second kappa shape index (κ2) is 6.81. The number of benzene rings is 2. The maximum atomic E-state index is 14.0. The number of nitrogens with zero attached hydrogens (tertiary/aromatic N) is 3. The molecule has 0 aliphatic carbocycles. The summed E-state index contributed by atoms with van der Waals surface area (Å²) < 4.78 is 21.4. The van der Waals surface area contributed by atoms with Crippen molar-refractivity contribution in [2.45, 2.75) is 6.92 Å². The fraction of sp³-hybridized carbons (Fsp3) is 0.105. The van der Waals surface area contributed by atoms with E-state index in [-0.39, 0.29) is 11.4 Å². The fourth-order valence-electron chi connectivity index (χ4n) is 2.74. The zero-order valence-electron chi connectivity index (χ0n) is 14.6. The van der Waals surface area contributed by atoms with Crippen molar-refractivity contribution in [2.75, 3.05) is 12.4 Å². The smallest absolute Gasteiger partial charge is 0.260 e. The molecule has 1 N–H and O–H groups in total. The largest absolute Gasteiger partial charge is 0.496 e. The molecule has 0 spiro atoms. The van der Waals surface area contributed by atoms with Crippen LogP contribution in [0.4, 0.5) is 10.2 Å². The Bertz CT molecular complexity index is 1150. The number of aromatic nitrogens is 3. The molecule has 2 aromatic carbocycles. The zero-order chi connectivity index (χ0) is 19.0. The monoisotopic (exact) mass is 382 g/mol. The molecule has 0 atom stereocenters. The van der Waals surface area contributed by atoms with Gasteiger partial charge in [-0.05, 0) is 31.2 Å². The molecule has 2 heterocycles. The third-order valence-electron chi connectivity index (χ3n) is 3.96. The Hall–Kier alpha value is -3.26. The number of nitrogens with one attached hydrogen (secondary N) is 1. The first kappa shape index (κ1) is 17.2. The van der Waals surface area contributed by atoms with Crippen LogP contribution in [0.2, 0.25) is 0 Å². The molecule has 6 nitrogen and oxygen atoms in total. The zero-order valence-corrected chi connectivity index (χ0v) is 15.4. The number of anilines is 1. The summed E-state index contributed by atoms with van der Waals surface area (Å²) in [5.74, 6) is 0.196. The van der Waals surface area contributed by atoms with Gasteiger partial charge in [0.15, 0.2) is 0 Å². The van der Waals surface area contributed by atoms with Crippen molar-refractivity contribution in [3.05, 3.63) is 65.6 Å². The topological polar surface area (TPSA) is 69.0 Å². The Morgan fingerprint density at radius 2 is 2.04 bits per heavy atom. The molecule has 1 amide bonds. The van der Waals surface area contributed by atoms with E-state index in [1.165, 1.54) is 29.2 Å². The minimum atomic E-state index is -0.390. The Morgan fingerprint density at radius 3 is 2.81 bits per heavy atom. The molecule has 0 radical (unpaired) electrons. The number of rotatable bonds is 4. The van der Waals surface area contributed by atoms with Gasteiger partial charge in [0, 0.05) is 6.07 Å². The highest BCUT2D eigenvalue weighted by Gasteiger charge is 2.18. The van der Waals surface area contributed by atoms with E-state index in [0.717, 1.165) is 0 Å². The van der Waals surface area contributed by atoms with Crippen molar-refractivity contribution >= 4 is 33.3 Å². The summed E-state index contributed by atoms with van der Waals surface area (Å²) in [6, 6.07) is 13.5. The molecule has 0 saturated carbocycles. The van der Waals surface area contributed by atoms with Gasteiger partial charge >= 0.3 is 0 Å². The molecular formula is C19H15FN4O2S. The van der Waals surface area contributed by atoms with E-state index in [1.54, 1.807) is 42.5 Å². The molecule has 0 bridgehead atoms. The van der Waals surface area contributed by atoms with Gasteiger partial charge < -0.3 is 10.1 Å². The summed E-state index contributed by atoms with van der Waals surface area (Å²) in [7, 11) is 1.51. The van der Waals surface area contributed by atoms with E-state index < -0.39 is 5.82 Å². The summed E-state index contributed by atoms with van der Waals surface area (Å²) >= 11 is 1.30. The molecule has 2 aromatic heterocycles. The third kappa shape index (κ3) is 3.15. The highest BCUT2D eigenvalue weighted by atomic mass is 32.1. The van der Waals surface area contributed by atoms with Crippen LogP contribution in [0, 0.1) is 12.7 Å². The van der Waals surface area contributed by atoms with Crippen LogP contribution in [0.3, 0.4) is 0 Å². The predicted octanol–water partition coefficient (Wildman–Crippen LogP) is 4.19. The molecule has 4 rings (SSSR count). The van der Waals surface area contributed by atoms with E-state index in [2.05, 4.69) is 15.4 Å². The number of para-hydroxylation sites is 2. The molecule has 0 fully saturated rings. The Morgan fingerprint density at radius 1 is 1.22 bits per heavy atom. The van der Waals surface area contributed by atoms with E-state index in [1.807, 2.05) is 6.92 Å². The van der Waals surface area contributed by atoms with Crippen molar-refractivity contribution in [1.82, 2.24) is 14.8 Å². The number of carbonyl (C=O) groups excluding carboxylic acids is 1. The number of thiazole rings is 1. The van der Waals surface area contributed by atoms with Crippen LogP contribution < -0.4 is 10.1 Å². The molecule has 8 heteroatoms. The summed E-state index contributed by atoms with van der Waals surface area (Å²) in [4.78, 5) is 17.0. The van der Waals surface area contributed by atoms with Gasteiger partial charge in [0.05, 0.1) is 23.1 Å². The lowest BCUT2D eigenvalue weighted by atomic mass is 10.2. The maximum absolute atomic E-state index is 14.0. The minimum absolute atomic E-state index is 0.285. The average Bonchev–Trinajstić information content (AvgIpc) is 3.25. The number of ether oxygens (including phenoxy) is 1. The van der Waals surface area contributed by atoms with Crippen molar-refractivity contribution in [2.24, 2.45) is 0 Å². The first-order chi connectivity index (χ1) is 13.1. The van der Waals surface area contributed by atoms with Gasteiger partial charge in [-0.15, -0.1) is 0 Å². The van der Waals surface area contributed by atoms with Crippen molar-refractivity contribution in [3.8, 4) is 10.9 Å². The molecule has 136 valence electrons. The van der Waals surface area contributed by atoms with E-state index in [4.69, 9.17) is 4.74 Å². The fourth-order valence-corrected chi connectivity index (χ4v) is 3.69. The van der Waals surface area contributed by atoms with Crippen molar-refractivity contribution in [1.29, 1.82) is 0 Å². The van der Waals surface area contributed by atoms with Gasteiger partial charge in [-0.25, -0.2) is 9.37 Å². The number of aryl methyl sites for hydroxylation is 1. The highest BCUT2D eigenvalue weighted by Crippen LogP contribution is 2.29. The van der Waals surface area contributed by atoms with Crippen LogP contribution in [-0.4, -0.2) is 27.8 Å². The second-order valence-electron chi connectivity index (χ2n) is 5.82. The minimum Gasteiger partial charge on any atom is -0.496 e. The molecule has 0 unspecified atom stereocenters. The number of fused-ring (bicyclic) bond motifs is 1. The van der Waals surface area contributed by atoms with Crippen molar-refractivity contribution < 1.29 is 13.9 Å². The van der Waals surface area contributed by atoms with Gasteiger partial charge in [0.1, 0.15) is 22.9 Å². The maximum Gasteiger partial charge on any atom is 0.260 e. The van der Waals surface area contributed by atoms with E-state index in [9.17, 15) is 9.18 Å². The van der Waals surface area contributed by atoms with Crippen molar-refractivity contribution in [3.63, 3.8) is 0 Å². The van der Waals surface area contributed by atoms with E-state index in [0.29, 0.717) is 32.7 Å². The second-order valence-corrected chi connectivity index (χ2v) is 6.83. The normalized spacial score (nSPS) is 10.9. The molecular weight excluding hydrogens is 367 g/mol. The quantitative estimate of drug-likeness (QED) is 0.575. The Labute approximate surface area is 158 Å². The van der Waals surface area contributed by atoms with Crippen LogP contribution in [0.15, 0.2) is 48.5 Å². The summed E-state index contributed by atoms with van der Waals surface area (Å²) in [6.07, 6.45) is 0. The van der Waals surface area contributed by atoms with Crippen LogP contribution in [-0.2, 0) is 0 Å². The number of hydrogen-bond donors (Lipinski definition) is 1. The van der Waals surface area contributed by atoms with Crippen LogP contribution >= 0.6 is 11.3 Å². The van der Waals surface area contributed by atoms with Gasteiger partial charge in [-0.1, -0.05) is 29.5 Å². The van der Waals surface area contributed by atoms with Gasteiger partial charge in [0.25, 0.3) is 5.91 Å². The van der Waals surface area contributed by atoms with Gasteiger partial charge in [-0.3, -0.25) is 4.79 Å². The Balaban J connectivity index is 1.72. The SMILES string of the molecule is COc1ccccc1C(=O)Nc1cc(C)nn1-c1nc2c(F)cccc2s1. The third-order valence-corrected chi connectivity index (χ3v) is 4.96. The molecule has 0 aliphatic rings. The molecule has 0 saturated heterocycles. The Kier molecular flexibility index (Phi) is 4.33.